The molecule has 1 aliphatic rings. The van der Waals surface area contributed by atoms with E-state index in [0.717, 1.165) is 0 Å². The number of ether oxygens (including phenoxy) is 1. The lowest BCUT2D eigenvalue weighted by Gasteiger charge is -2.15. The van der Waals surface area contributed by atoms with E-state index in [-0.39, 0.29) is 4.90 Å². The molecule has 19 heavy (non-hydrogen) atoms. The highest BCUT2D eigenvalue weighted by Crippen LogP contribution is 2.30. The smallest absolute Gasteiger partial charge is 0.238 e. The number of hydrogen-bond donors (Lipinski definition) is 2. The van der Waals surface area contributed by atoms with Crippen molar-refractivity contribution in [3.8, 4) is 5.75 Å². The van der Waals surface area contributed by atoms with Gasteiger partial charge in [-0.1, -0.05) is 12.8 Å². The lowest BCUT2D eigenvalue weighted by atomic mass is 10.1. The Morgan fingerprint density at radius 3 is 2.53 bits per heavy atom. The van der Waals surface area contributed by atoms with Gasteiger partial charge in [-0.05, 0) is 31.7 Å². The Balaban J connectivity index is 2.22. The fourth-order valence-electron chi connectivity index (χ4n) is 2.51. The minimum Gasteiger partial charge on any atom is -0.493 e. The maximum Gasteiger partial charge on any atom is 0.238 e. The predicted molar refractivity (Wildman–Crippen MR) is 74.4 cm³/mol. The molecule has 1 aromatic carbocycles. The zero-order valence-corrected chi connectivity index (χ0v) is 11.9. The van der Waals surface area contributed by atoms with Gasteiger partial charge in [-0.15, -0.1) is 0 Å². The van der Waals surface area contributed by atoms with Crippen LogP contribution >= 0.6 is 0 Å². The van der Waals surface area contributed by atoms with E-state index in [1.54, 1.807) is 13.0 Å². The van der Waals surface area contributed by atoms with E-state index in [1.165, 1.54) is 31.7 Å². The summed E-state index contributed by atoms with van der Waals surface area (Å²) in [5.41, 5.74) is 6.58. The van der Waals surface area contributed by atoms with Crippen molar-refractivity contribution >= 4 is 15.7 Å². The average molecular weight is 284 g/mol. The lowest BCUT2D eigenvalue weighted by Crippen LogP contribution is -2.16. The number of anilines is 1. The summed E-state index contributed by atoms with van der Waals surface area (Å²) in [6.45, 7) is 2.29. The molecule has 0 spiro atoms. The van der Waals surface area contributed by atoms with Crippen molar-refractivity contribution in [3.05, 3.63) is 17.7 Å². The second-order valence-corrected chi connectivity index (χ2v) is 6.68. The molecule has 1 fully saturated rings. The number of hydrogen-bond acceptors (Lipinski definition) is 4. The van der Waals surface area contributed by atoms with Crippen molar-refractivity contribution in [1.29, 1.82) is 0 Å². The molecule has 5 nitrogen and oxygen atoms in total. The van der Waals surface area contributed by atoms with E-state index in [1.807, 2.05) is 0 Å². The van der Waals surface area contributed by atoms with E-state index >= 15 is 0 Å². The molecule has 1 saturated carbocycles. The number of nitrogen functional groups attached to an aromatic ring is 1. The van der Waals surface area contributed by atoms with Crippen LogP contribution in [0.15, 0.2) is 17.0 Å². The maximum atomic E-state index is 11.5. The molecule has 6 heteroatoms. The van der Waals surface area contributed by atoms with Crippen molar-refractivity contribution in [2.75, 3.05) is 12.3 Å². The van der Waals surface area contributed by atoms with E-state index in [2.05, 4.69) is 0 Å². The first kappa shape index (κ1) is 14.1. The van der Waals surface area contributed by atoms with Crippen LogP contribution in [0.4, 0.5) is 5.69 Å². The molecule has 0 aromatic heterocycles. The standard InChI is InChI=1S/C13H20N2O3S/c1-9-12(18-8-10-4-2-3-5-10)6-11(14)7-13(9)19(15,16)17/h6-7,10H,2-5,8,14H2,1H3,(H2,15,16,17). The quantitative estimate of drug-likeness (QED) is 0.824. The van der Waals surface area contributed by atoms with Crippen LogP contribution < -0.4 is 15.6 Å². The topological polar surface area (TPSA) is 95.4 Å². The molecule has 0 unspecified atom stereocenters. The van der Waals surface area contributed by atoms with E-state index in [0.29, 0.717) is 29.5 Å². The first-order valence-corrected chi connectivity index (χ1v) is 7.98. The first-order chi connectivity index (χ1) is 8.88. The number of primary sulfonamides is 1. The zero-order chi connectivity index (χ0) is 14.0. The monoisotopic (exact) mass is 284 g/mol. The van der Waals surface area contributed by atoms with Gasteiger partial charge in [0.25, 0.3) is 0 Å². The predicted octanol–water partition coefficient (Wildman–Crippen LogP) is 1.79. The Labute approximate surface area is 114 Å². The Hall–Kier alpha value is -1.27. The fraction of sp³-hybridized carbons (Fsp3) is 0.538. The van der Waals surface area contributed by atoms with Crippen LogP contribution in [-0.4, -0.2) is 15.0 Å². The summed E-state index contributed by atoms with van der Waals surface area (Å²) >= 11 is 0. The van der Waals surface area contributed by atoms with Crippen molar-refractivity contribution < 1.29 is 13.2 Å². The molecule has 0 amide bonds. The number of benzene rings is 1. The van der Waals surface area contributed by atoms with Gasteiger partial charge in [-0.25, -0.2) is 13.6 Å². The van der Waals surface area contributed by atoms with Gasteiger partial charge in [-0.2, -0.15) is 0 Å². The Morgan fingerprint density at radius 2 is 1.95 bits per heavy atom. The number of sulfonamides is 1. The SMILES string of the molecule is Cc1c(OCC2CCCC2)cc(N)cc1S(N)(=O)=O. The molecule has 106 valence electrons. The van der Waals surface area contributed by atoms with Gasteiger partial charge in [0.2, 0.25) is 10.0 Å². The Bertz CT molecular complexity index is 563. The van der Waals surface area contributed by atoms with Crippen LogP contribution in [-0.2, 0) is 10.0 Å². The molecule has 2 rings (SSSR count). The van der Waals surface area contributed by atoms with Crippen LogP contribution in [0.5, 0.6) is 5.75 Å². The maximum absolute atomic E-state index is 11.5. The van der Waals surface area contributed by atoms with Crippen molar-refractivity contribution in [1.82, 2.24) is 0 Å². The highest BCUT2D eigenvalue weighted by molar-refractivity contribution is 7.89. The highest BCUT2D eigenvalue weighted by Gasteiger charge is 2.19. The molecule has 0 atom stereocenters. The summed E-state index contributed by atoms with van der Waals surface area (Å²) in [5.74, 6) is 1.06. The van der Waals surface area contributed by atoms with Crippen LogP contribution in [0.1, 0.15) is 31.2 Å². The van der Waals surface area contributed by atoms with Gasteiger partial charge in [0.1, 0.15) is 5.75 Å². The molecule has 0 heterocycles. The Kier molecular flexibility index (Phi) is 4.01. The van der Waals surface area contributed by atoms with E-state index < -0.39 is 10.0 Å². The largest absolute Gasteiger partial charge is 0.493 e. The van der Waals surface area contributed by atoms with Gasteiger partial charge in [0.05, 0.1) is 11.5 Å². The van der Waals surface area contributed by atoms with Crippen molar-refractivity contribution in [3.63, 3.8) is 0 Å². The van der Waals surface area contributed by atoms with Gasteiger partial charge < -0.3 is 10.5 Å². The second-order valence-electron chi connectivity index (χ2n) is 5.15. The fourth-order valence-corrected chi connectivity index (χ4v) is 3.34. The first-order valence-electron chi connectivity index (χ1n) is 6.43. The summed E-state index contributed by atoms with van der Waals surface area (Å²) in [6, 6.07) is 3.02. The number of rotatable bonds is 4. The zero-order valence-electron chi connectivity index (χ0n) is 11.1. The van der Waals surface area contributed by atoms with Crippen molar-refractivity contribution in [2.45, 2.75) is 37.5 Å². The Morgan fingerprint density at radius 1 is 1.32 bits per heavy atom. The van der Waals surface area contributed by atoms with Crippen LogP contribution in [0, 0.1) is 12.8 Å². The molecule has 0 radical (unpaired) electrons. The van der Waals surface area contributed by atoms with E-state index in [4.69, 9.17) is 15.6 Å². The summed E-state index contributed by atoms with van der Waals surface area (Å²) in [7, 11) is -3.78. The van der Waals surface area contributed by atoms with Gasteiger partial charge in [-0.3, -0.25) is 0 Å². The summed E-state index contributed by atoms with van der Waals surface area (Å²) in [5, 5.41) is 5.17. The summed E-state index contributed by atoms with van der Waals surface area (Å²) in [4.78, 5) is 0.0360. The minimum atomic E-state index is -3.78. The third-order valence-corrected chi connectivity index (χ3v) is 4.63. The number of nitrogens with two attached hydrogens (primary N) is 2. The molecule has 1 aliphatic carbocycles. The van der Waals surface area contributed by atoms with Crippen LogP contribution in [0.3, 0.4) is 0 Å². The second kappa shape index (κ2) is 5.38. The summed E-state index contributed by atoms with van der Waals surface area (Å²) in [6.07, 6.45) is 4.82. The highest BCUT2D eigenvalue weighted by atomic mass is 32.2. The molecule has 4 N–H and O–H groups in total. The molecule has 0 bridgehead atoms. The van der Waals surface area contributed by atoms with Gasteiger partial charge in [0, 0.05) is 17.3 Å². The van der Waals surface area contributed by atoms with Gasteiger partial charge in [0.15, 0.2) is 0 Å². The normalized spacial score (nSPS) is 16.7. The van der Waals surface area contributed by atoms with Gasteiger partial charge >= 0.3 is 0 Å². The molecular weight excluding hydrogens is 264 g/mol. The molecule has 1 aromatic rings. The van der Waals surface area contributed by atoms with Crippen molar-refractivity contribution in [2.24, 2.45) is 11.1 Å². The lowest BCUT2D eigenvalue weighted by molar-refractivity contribution is 0.250. The molecular formula is C13H20N2O3S. The summed E-state index contributed by atoms with van der Waals surface area (Å²) < 4.78 is 28.7. The van der Waals surface area contributed by atoms with E-state index in [9.17, 15) is 8.42 Å². The molecule has 0 aliphatic heterocycles. The van der Waals surface area contributed by atoms with Crippen LogP contribution in [0.2, 0.25) is 0 Å². The third kappa shape index (κ3) is 3.39. The third-order valence-electron chi connectivity index (χ3n) is 3.59. The average Bonchev–Trinajstić information content (AvgIpc) is 2.81. The minimum absolute atomic E-state index is 0.0360. The molecule has 0 saturated heterocycles. The van der Waals surface area contributed by atoms with Crippen LogP contribution in [0.25, 0.3) is 0 Å².